The Labute approximate surface area is 129 Å². The van der Waals surface area contributed by atoms with Gasteiger partial charge in [0.2, 0.25) is 5.91 Å². The number of hydrogen-bond acceptors (Lipinski definition) is 5. The molecule has 2 N–H and O–H groups in total. The fourth-order valence-electron chi connectivity index (χ4n) is 2.57. The molecule has 1 aliphatic heterocycles. The molecule has 3 rings (SSSR count). The molecule has 0 bridgehead atoms. The van der Waals surface area contributed by atoms with Gasteiger partial charge < -0.3 is 15.5 Å². The lowest BCUT2D eigenvalue weighted by atomic mass is 10.1. The number of nitrogens with two attached hydrogens (primary N) is 1. The predicted octanol–water partition coefficient (Wildman–Crippen LogP) is 0.950. The van der Waals surface area contributed by atoms with E-state index in [1.54, 1.807) is 6.20 Å². The summed E-state index contributed by atoms with van der Waals surface area (Å²) in [4.78, 5) is 24.4. The fourth-order valence-corrected chi connectivity index (χ4v) is 2.57. The zero-order valence-corrected chi connectivity index (χ0v) is 12.4. The lowest BCUT2D eigenvalue weighted by Crippen LogP contribution is -2.51. The first-order valence-electron chi connectivity index (χ1n) is 7.36. The average Bonchev–Trinajstić information content (AvgIpc) is 2.54. The van der Waals surface area contributed by atoms with Crippen LogP contribution in [0.1, 0.15) is 5.56 Å². The summed E-state index contributed by atoms with van der Waals surface area (Å²) in [5, 5.41) is 0. The highest BCUT2D eigenvalue weighted by atomic mass is 16.2. The molecule has 2 aromatic rings. The third kappa shape index (κ3) is 3.33. The van der Waals surface area contributed by atoms with Gasteiger partial charge in [-0.1, -0.05) is 30.3 Å². The van der Waals surface area contributed by atoms with Crippen LogP contribution in [0.15, 0.2) is 42.7 Å². The number of benzene rings is 1. The minimum Gasteiger partial charge on any atom is -0.382 e. The summed E-state index contributed by atoms with van der Waals surface area (Å²) in [6.45, 7) is 2.52. The highest BCUT2D eigenvalue weighted by Gasteiger charge is 2.24. The first-order valence-corrected chi connectivity index (χ1v) is 7.36. The molecule has 0 aliphatic carbocycles. The van der Waals surface area contributed by atoms with Crippen molar-refractivity contribution in [3.63, 3.8) is 0 Å². The number of carbonyl (C=O) groups excluding carboxylic acids is 1. The molecule has 1 saturated heterocycles. The van der Waals surface area contributed by atoms with E-state index in [4.69, 9.17) is 5.73 Å². The second kappa shape index (κ2) is 6.43. The lowest BCUT2D eigenvalue weighted by Gasteiger charge is -2.34. The Bertz CT molecular complexity index is 646. The van der Waals surface area contributed by atoms with Crippen LogP contribution in [0.3, 0.4) is 0 Å². The van der Waals surface area contributed by atoms with E-state index in [0.717, 1.165) is 19.5 Å². The first kappa shape index (κ1) is 14.3. The van der Waals surface area contributed by atoms with E-state index in [1.165, 1.54) is 11.8 Å². The van der Waals surface area contributed by atoms with Crippen molar-refractivity contribution in [1.82, 2.24) is 14.9 Å². The van der Waals surface area contributed by atoms with Crippen molar-refractivity contribution in [2.24, 2.45) is 0 Å². The van der Waals surface area contributed by atoms with Crippen LogP contribution in [-0.4, -0.2) is 47.0 Å². The number of nitrogens with zero attached hydrogens (tertiary/aromatic N) is 4. The minimum atomic E-state index is 0.117. The maximum atomic E-state index is 12.3. The number of piperazine rings is 1. The van der Waals surface area contributed by atoms with Gasteiger partial charge in [0.1, 0.15) is 11.6 Å². The molecule has 1 aromatic heterocycles. The van der Waals surface area contributed by atoms with Crippen molar-refractivity contribution < 1.29 is 4.79 Å². The molecule has 1 fully saturated rings. The van der Waals surface area contributed by atoms with Crippen LogP contribution in [0.2, 0.25) is 0 Å². The summed E-state index contributed by atoms with van der Waals surface area (Å²) in [5.41, 5.74) is 6.89. The lowest BCUT2D eigenvalue weighted by molar-refractivity contribution is -0.130. The molecule has 22 heavy (non-hydrogen) atoms. The van der Waals surface area contributed by atoms with Crippen LogP contribution in [0.4, 0.5) is 11.6 Å². The van der Waals surface area contributed by atoms with Gasteiger partial charge in [-0.2, -0.15) is 0 Å². The van der Waals surface area contributed by atoms with E-state index in [2.05, 4.69) is 22.1 Å². The first-order chi connectivity index (χ1) is 10.7. The summed E-state index contributed by atoms with van der Waals surface area (Å²) in [5.74, 6) is 1.15. The molecular weight excluding hydrogens is 278 g/mol. The number of carbonyl (C=O) groups is 1. The van der Waals surface area contributed by atoms with Crippen molar-refractivity contribution in [3.05, 3.63) is 48.3 Å². The Morgan fingerprint density at radius 3 is 2.68 bits per heavy atom. The van der Waals surface area contributed by atoms with Crippen LogP contribution in [-0.2, 0) is 11.2 Å². The van der Waals surface area contributed by atoms with Gasteiger partial charge in [-0.05, 0) is 12.0 Å². The molecule has 1 aromatic carbocycles. The molecule has 0 saturated carbocycles. The minimum absolute atomic E-state index is 0.117. The smallest absolute Gasteiger partial charge is 0.242 e. The Kier molecular flexibility index (Phi) is 4.18. The van der Waals surface area contributed by atoms with Crippen LogP contribution < -0.4 is 10.6 Å². The Balaban J connectivity index is 1.57. The van der Waals surface area contributed by atoms with Gasteiger partial charge in [0.15, 0.2) is 0 Å². The van der Waals surface area contributed by atoms with Crippen molar-refractivity contribution in [2.45, 2.75) is 6.42 Å². The van der Waals surface area contributed by atoms with Crippen molar-refractivity contribution in [2.75, 3.05) is 36.8 Å². The van der Waals surface area contributed by atoms with E-state index in [-0.39, 0.29) is 5.91 Å². The van der Waals surface area contributed by atoms with Gasteiger partial charge in [-0.25, -0.2) is 4.98 Å². The number of nitrogen functional groups attached to an aromatic ring is 1. The number of aromatic nitrogens is 2. The third-order valence-electron chi connectivity index (χ3n) is 3.80. The number of amides is 1. The van der Waals surface area contributed by atoms with Gasteiger partial charge in [-0.15, -0.1) is 0 Å². The molecule has 114 valence electrons. The molecule has 1 aliphatic rings. The summed E-state index contributed by atoms with van der Waals surface area (Å²) >= 11 is 0. The monoisotopic (exact) mass is 297 g/mol. The van der Waals surface area contributed by atoms with Gasteiger partial charge in [0.05, 0.1) is 18.9 Å². The highest BCUT2D eigenvalue weighted by molar-refractivity contribution is 5.82. The summed E-state index contributed by atoms with van der Waals surface area (Å²) in [6.07, 6.45) is 4.02. The topological polar surface area (TPSA) is 75.3 Å². The molecule has 6 heteroatoms. The number of anilines is 2. The number of rotatable bonds is 4. The van der Waals surface area contributed by atoms with E-state index >= 15 is 0 Å². The molecule has 0 radical (unpaired) electrons. The zero-order chi connectivity index (χ0) is 15.4. The van der Waals surface area contributed by atoms with Crippen LogP contribution in [0.25, 0.3) is 0 Å². The van der Waals surface area contributed by atoms with Gasteiger partial charge in [0, 0.05) is 19.6 Å². The molecule has 0 atom stereocenters. The quantitative estimate of drug-likeness (QED) is 0.909. The molecular formula is C16H19N5O. The maximum absolute atomic E-state index is 12.3. The average molecular weight is 297 g/mol. The molecule has 1 amide bonds. The second-order valence-electron chi connectivity index (χ2n) is 5.34. The molecule has 0 unspecified atom stereocenters. The van der Waals surface area contributed by atoms with Crippen LogP contribution in [0, 0.1) is 0 Å². The van der Waals surface area contributed by atoms with Crippen LogP contribution >= 0.6 is 0 Å². The summed E-state index contributed by atoms with van der Waals surface area (Å²) < 4.78 is 0. The van der Waals surface area contributed by atoms with Crippen LogP contribution in [0.5, 0.6) is 0 Å². The van der Waals surface area contributed by atoms with E-state index < -0.39 is 0 Å². The molecule has 6 nitrogen and oxygen atoms in total. The van der Waals surface area contributed by atoms with Gasteiger partial charge in [-0.3, -0.25) is 9.78 Å². The SMILES string of the molecule is Nc1cncc(N2CCN(CCc3ccccc3)C(=O)C2)n1. The van der Waals surface area contributed by atoms with Crippen molar-refractivity contribution >= 4 is 17.5 Å². The Morgan fingerprint density at radius 1 is 1.14 bits per heavy atom. The Morgan fingerprint density at radius 2 is 1.95 bits per heavy atom. The third-order valence-corrected chi connectivity index (χ3v) is 3.80. The van der Waals surface area contributed by atoms with E-state index in [0.29, 0.717) is 24.7 Å². The summed E-state index contributed by atoms with van der Waals surface area (Å²) in [7, 11) is 0. The highest BCUT2D eigenvalue weighted by Crippen LogP contribution is 2.14. The summed E-state index contributed by atoms with van der Waals surface area (Å²) in [6, 6.07) is 10.2. The fraction of sp³-hybridized carbons (Fsp3) is 0.312. The largest absolute Gasteiger partial charge is 0.382 e. The second-order valence-corrected chi connectivity index (χ2v) is 5.34. The Hall–Kier alpha value is -2.63. The predicted molar refractivity (Wildman–Crippen MR) is 85.4 cm³/mol. The zero-order valence-electron chi connectivity index (χ0n) is 12.4. The van der Waals surface area contributed by atoms with Crippen molar-refractivity contribution in [1.29, 1.82) is 0 Å². The number of hydrogen-bond donors (Lipinski definition) is 1. The van der Waals surface area contributed by atoms with Crippen molar-refractivity contribution in [3.8, 4) is 0 Å². The normalized spacial score (nSPS) is 15.2. The molecule has 0 spiro atoms. The van der Waals surface area contributed by atoms with Gasteiger partial charge in [0.25, 0.3) is 0 Å². The molecule has 2 heterocycles. The van der Waals surface area contributed by atoms with Gasteiger partial charge >= 0.3 is 0 Å². The van der Waals surface area contributed by atoms with E-state index in [1.807, 2.05) is 28.0 Å². The maximum Gasteiger partial charge on any atom is 0.242 e. The standard InChI is InChI=1S/C16H19N5O/c17-14-10-18-11-15(19-14)21-9-8-20(16(22)12-21)7-6-13-4-2-1-3-5-13/h1-5,10-11H,6-9,12H2,(H2,17,19). The van der Waals surface area contributed by atoms with E-state index in [9.17, 15) is 4.79 Å².